The molecule has 1 saturated heterocycles. The fourth-order valence-corrected chi connectivity index (χ4v) is 4.02. The molecular weight excluding hydrogens is 288 g/mol. The summed E-state index contributed by atoms with van der Waals surface area (Å²) < 4.78 is 52.1. The van der Waals surface area contributed by atoms with Crippen LogP contribution in [-0.4, -0.2) is 37.5 Å². The van der Waals surface area contributed by atoms with Gasteiger partial charge in [0.2, 0.25) is 10.0 Å². The smallest absolute Gasteiger partial charge is 0.243 e. The van der Waals surface area contributed by atoms with Gasteiger partial charge in [-0.15, -0.1) is 0 Å². The van der Waals surface area contributed by atoms with Crippen molar-refractivity contribution in [3.63, 3.8) is 0 Å². The maximum atomic E-state index is 13.2. The molecule has 0 saturated carbocycles. The number of hydrogen-bond donors (Lipinski definition) is 1. The molecule has 1 atom stereocenters. The van der Waals surface area contributed by atoms with Gasteiger partial charge in [-0.3, -0.25) is 0 Å². The van der Waals surface area contributed by atoms with Crippen molar-refractivity contribution in [2.45, 2.75) is 24.2 Å². The van der Waals surface area contributed by atoms with Crippen LogP contribution in [0.1, 0.15) is 19.3 Å². The number of sulfonamides is 1. The molecule has 0 aromatic heterocycles. The van der Waals surface area contributed by atoms with Gasteiger partial charge in [0.1, 0.15) is 0 Å². The molecule has 1 aliphatic rings. The molecule has 0 radical (unpaired) electrons. The van der Waals surface area contributed by atoms with Crippen molar-refractivity contribution < 1.29 is 22.3 Å². The van der Waals surface area contributed by atoms with E-state index in [0.29, 0.717) is 32.0 Å². The molecule has 1 aliphatic heterocycles. The van der Waals surface area contributed by atoms with Crippen LogP contribution in [0.15, 0.2) is 23.1 Å². The first-order valence-electron chi connectivity index (χ1n) is 6.51. The standard InChI is InChI=1S/C13H17F2NO3S/c14-12-4-3-11(8-13(12)15)20(18,19)16-6-1-2-10(9-16)5-7-17/h3-4,8,10,17H,1-2,5-7,9H2. The monoisotopic (exact) mass is 305 g/mol. The number of halogens is 2. The Morgan fingerprint density at radius 1 is 1.30 bits per heavy atom. The first kappa shape index (κ1) is 15.3. The van der Waals surface area contributed by atoms with Gasteiger partial charge in [0.05, 0.1) is 4.90 Å². The second-order valence-corrected chi connectivity index (χ2v) is 6.90. The molecule has 0 amide bonds. The number of aliphatic hydroxyl groups is 1. The minimum atomic E-state index is -3.81. The van der Waals surface area contributed by atoms with Crippen molar-refractivity contribution in [3.05, 3.63) is 29.8 Å². The Bertz CT molecular complexity index is 575. The number of rotatable bonds is 4. The summed E-state index contributed by atoms with van der Waals surface area (Å²) in [7, 11) is -3.81. The molecule has 0 aliphatic carbocycles. The van der Waals surface area contributed by atoms with E-state index in [4.69, 9.17) is 5.11 Å². The summed E-state index contributed by atoms with van der Waals surface area (Å²) in [6, 6.07) is 2.60. The molecule has 7 heteroatoms. The summed E-state index contributed by atoms with van der Waals surface area (Å²) in [6.45, 7) is 0.689. The minimum Gasteiger partial charge on any atom is -0.396 e. The van der Waals surface area contributed by atoms with Gasteiger partial charge in [-0.1, -0.05) is 0 Å². The summed E-state index contributed by atoms with van der Waals surface area (Å²) in [6.07, 6.45) is 2.11. The zero-order valence-corrected chi connectivity index (χ0v) is 11.7. The van der Waals surface area contributed by atoms with Crippen molar-refractivity contribution in [3.8, 4) is 0 Å². The maximum absolute atomic E-state index is 13.2. The van der Waals surface area contributed by atoms with Crippen molar-refractivity contribution in [1.82, 2.24) is 4.31 Å². The highest BCUT2D eigenvalue weighted by Gasteiger charge is 2.30. The third kappa shape index (κ3) is 3.16. The maximum Gasteiger partial charge on any atom is 0.243 e. The van der Waals surface area contributed by atoms with Crippen molar-refractivity contribution in [2.75, 3.05) is 19.7 Å². The normalized spacial score (nSPS) is 21.1. The predicted molar refractivity (Wildman–Crippen MR) is 69.5 cm³/mol. The first-order valence-corrected chi connectivity index (χ1v) is 7.95. The molecule has 1 aromatic carbocycles. The molecule has 2 rings (SSSR count). The SMILES string of the molecule is O=S(=O)(c1ccc(F)c(F)c1)N1CCCC(CCO)C1. The summed E-state index contributed by atoms with van der Waals surface area (Å²) in [5, 5.41) is 8.93. The highest BCUT2D eigenvalue weighted by atomic mass is 32.2. The van der Waals surface area contributed by atoms with Gasteiger partial charge in [0, 0.05) is 19.7 Å². The fraction of sp³-hybridized carbons (Fsp3) is 0.538. The Morgan fingerprint density at radius 2 is 2.05 bits per heavy atom. The lowest BCUT2D eigenvalue weighted by molar-refractivity contribution is 0.203. The molecule has 0 bridgehead atoms. The summed E-state index contributed by atoms with van der Waals surface area (Å²) >= 11 is 0. The van der Waals surface area contributed by atoms with Gasteiger partial charge >= 0.3 is 0 Å². The predicted octanol–water partition coefficient (Wildman–Crippen LogP) is 1.75. The first-order chi connectivity index (χ1) is 9.45. The molecule has 1 fully saturated rings. The molecule has 112 valence electrons. The Hall–Kier alpha value is -1.05. The number of hydrogen-bond acceptors (Lipinski definition) is 3. The molecule has 1 aromatic rings. The number of piperidine rings is 1. The minimum absolute atomic E-state index is 0.0176. The van der Waals surface area contributed by atoms with E-state index in [2.05, 4.69) is 0 Å². The van der Waals surface area contributed by atoms with Crippen LogP contribution in [-0.2, 0) is 10.0 Å². The fourth-order valence-electron chi connectivity index (χ4n) is 2.45. The van der Waals surface area contributed by atoms with E-state index < -0.39 is 21.7 Å². The second-order valence-electron chi connectivity index (χ2n) is 4.96. The van der Waals surface area contributed by atoms with E-state index in [1.165, 1.54) is 4.31 Å². The zero-order valence-electron chi connectivity index (χ0n) is 10.9. The second kappa shape index (κ2) is 6.15. The van der Waals surface area contributed by atoms with Gasteiger partial charge in [0.15, 0.2) is 11.6 Å². The lowest BCUT2D eigenvalue weighted by atomic mass is 9.97. The van der Waals surface area contributed by atoms with E-state index in [9.17, 15) is 17.2 Å². The molecule has 1 N–H and O–H groups in total. The largest absolute Gasteiger partial charge is 0.396 e. The molecule has 1 unspecified atom stereocenters. The van der Waals surface area contributed by atoms with Crippen LogP contribution in [0, 0.1) is 17.6 Å². The molecule has 20 heavy (non-hydrogen) atoms. The average molecular weight is 305 g/mol. The van der Waals surface area contributed by atoms with Gasteiger partial charge in [-0.25, -0.2) is 17.2 Å². The molecule has 4 nitrogen and oxygen atoms in total. The topological polar surface area (TPSA) is 57.6 Å². The molecule has 0 spiro atoms. The van der Waals surface area contributed by atoms with Crippen LogP contribution >= 0.6 is 0 Å². The average Bonchev–Trinajstić information content (AvgIpc) is 2.42. The number of aliphatic hydroxyl groups excluding tert-OH is 1. The summed E-state index contributed by atoms with van der Waals surface area (Å²) in [4.78, 5) is -0.235. The molecular formula is C13H17F2NO3S. The summed E-state index contributed by atoms with van der Waals surface area (Å²) in [5.41, 5.74) is 0. The Labute approximate surface area is 117 Å². The lowest BCUT2D eigenvalue weighted by Gasteiger charge is -2.31. The number of nitrogens with zero attached hydrogens (tertiary/aromatic N) is 1. The third-order valence-corrected chi connectivity index (χ3v) is 5.41. The zero-order chi connectivity index (χ0) is 14.8. The van der Waals surface area contributed by atoms with Gasteiger partial charge < -0.3 is 5.11 Å². The van der Waals surface area contributed by atoms with E-state index in [0.717, 1.165) is 18.6 Å². The Morgan fingerprint density at radius 3 is 2.70 bits per heavy atom. The van der Waals surface area contributed by atoms with Crippen LogP contribution in [0.2, 0.25) is 0 Å². The van der Waals surface area contributed by atoms with Crippen LogP contribution in [0.4, 0.5) is 8.78 Å². The third-order valence-electron chi connectivity index (χ3n) is 3.55. The van der Waals surface area contributed by atoms with E-state index in [-0.39, 0.29) is 17.4 Å². The van der Waals surface area contributed by atoms with E-state index in [1.54, 1.807) is 0 Å². The number of benzene rings is 1. The highest BCUT2D eigenvalue weighted by Crippen LogP contribution is 2.26. The molecule has 1 heterocycles. The van der Waals surface area contributed by atoms with Crippen LogP contribution in [0.5, 0.6) is 0 Å². The Kier molecular flexibility index (Phi) is 4.72. The van der Waals surface area contributed by atoms with E-state index in [1.807, 2.05) is 0 Å². The van der Waals surface area contributed by atoms with Crippen LogP contribution in [0.3, 0.4) is 0 Å². The van der Waals surface area contributed by atoms with E-state index >= 15 is 0 Å². The van der Waals surface area contributed by atoms with Crippen molar-refractivity contribution in [1.29, 1.82) is 0 Å². The van der Waals surface area contributed by atoms with Crippen LogP contribution in [0.25, 0.3) is 0 Å². The lowest BCUT2D eigenvalue weighted by Crippen LogP contribution is -2.40. The highest BCUT2D eigenvalue weighted by molar-refractivity contribution is 7.89. The quantitative estimate of drug-likeness (QED) is 0.922. The van der Waals surface area contributed by atoms with Crippen molar-refractivity contribution >= 4 is 10.0 Å². The summed E-state index contributed by atoms with van der Waals surface area (Å²) in [5.74, 6) is -2.13. The Balaban J connectivity index is 2.23. The van der Waals surface area contributed by atoms with Gasteiger partial charge in [-0.2, -0.15) is 4.31 Å². The van der Waals surface area contributed by atoms with Crippen molar-refractivity contribution in [2.24, 2.45) is 5.92 Å². The van der Waals surface area contributed by atoms with Crippen LogP contribution < -0.4 is 0 Å². The van der Waals surface area contributed by atoms with Gasteiger partial charge in [0.25, 0.3) is 0 Å². The van der Waals surface area contributed by atoms with Gasteiger partial charge in [-0.05, 0) is 43.4 Å².